The van der Waals surface area contributed by atoms with Crippen LogP contribution in [0.1, 0.15) is 11.1 Å². The largest absolute Gasteiger partial charge is 0.314 e. The van der Waals surface area contributed by atoms with Crippen molar-refractivity contribution in [3.63, 3.8) is 0 Å². The number of rotatable bonds is 2. The van der Waals surface area contributed by atoms with Crippen LogP contribution in [0.5, 0.6) is 0 Å². The number of nitrogens with zero attached hydrogens (tertiary/aromatic N) is 1. The first-order valence-electron chi connectivity index (χ1n) is 5.80. The minimum absolute atomic E-state index is 0.111. The Hall–Kier alpha value is -2.42. The molecular formula is C15H12N2O. The van der Waals surface area contributed by atoms with Gasteiger partial charge in [-0.1, -0.05) is 60.7 Å². The van der Waals surface area contributed by atoms with E-state index in [9.17, 15) is 4.79 Å². The number of benzene rings is 2. The van der Waals surface area contributed by atoms with Crippen LogP contribution in [0.2, 0.25) is 0 Å². The van der Waals surface area contributed by atoms with Gasteiger partial charge < -0.3 is 5.32 Å². The maximum atomic E-state index is 12.3. The molecule has 88 valence electrons. The Balaban J connectivity index is 2.24. The smallest absolute Gasteiger partial charge is 0.262 e. The predicted octanol–water partition coefficient (Wildman–Crippen LogP) is 2.09. The molecule has 3 rings (SSSR count). The van der Waals surface area contributed by atoms with Gasteiger partial charge in [0.25, 0.3) is 5.91 Å². The number of amides is 1. The van der Waals surface area contributed by atoms with E-state index < -0.39 is 5.54 Å². The quantitative estimate of drug-likeness (QED) is 0.852. The number of nitrogens with one attached hydrogen (secondary N) is 1. The molecule has 0 aliphatic carbocycles. The van der Waals surface area contributed by atoms with Gasteiger partial charge in [0.05, 0.1) is 6.34 Å². The number of hydrogen-bond donors (Lipinski definition) is 1. The molecule has 2 aromatic carbocycles. The number of hydrogen-bond acceptors (Lipinski definition) is 2. The van der Waals surface area contributed by atoms with Gasteiger partial charge in [0.15, 0.2) is 5.54 Å². The molecule has 1 N–H and O–H groups in total. The highest BCUT2D eigenvalue weighted by molar-refractivity contribution is 6.03. The monoisotopic (exact) mass is 236 g/mol. The van der Waals surface area contributed by atoms with Gasteiger partial charge in [-0.2, -0.15) is 0 Å². The molecule has 3 heteroatoms. The zero-order valence-electron chi connectivity index (χ0n) is 9.71. The van der Waals surface area contributed by atoms with Crippen LogP contribution in [0.25, 0.3) is 0 Å². The highest BCUT2D eigenvalue weighted by Gasteiger charge is 2.43. The minimum atomic E-state index is -0.942. The van der Waals surface area contributed by atoms with Gasteiger partial charge in [0.2, 0.25) is 0 Å². The van der Waals surface area contributed by atoms with Crippen molar-refractivity contribution in [1.29, 1.82) is 0 Å². The second kappa shape index (κ2) is 4.11. The molecule has 18 heavy (non-hydrogen) atoms. The molecule has 0 radical (unpaired) electrons. The van der Waals surface area contributed by atoms with Crippen LogP contribution in [0.15, 0.2) is 65.7 Å². The van der Waals surface area contributed by atoms with E-state index in [-0.39, 0.29) is 5.91 Å². The van der Waals surface area contributed by atoms with Crippen molar-refractivity contribution >= 4 is 12.2 Å². The Labute approximate surface area is 105 Å². The van der Waals surface area contributed by atoms with Gasteiger partial charge in [0.1, 0.15) is 0 Å². The van der Waals surface area contributed by atoms with Crippen LogP contribution in [-0.4, -0.2) is 12.2 Å². The van der Waals surface area contributed by atoms with Crippen LogP contribution < -0.4 is 5.32 Å². The number of aliphatic imine (C=N–C) groups is 1. The molecule has 1 aliphatic rings. The van der Waals surface area contributed by atoms with E-state index in [0.29, 0.717) is 0 Å². The molecule has 0 unspecified atom stereocenters. The van der Waals surface area contributed by atoms with Crippen molar-refractivity contribution in [3.05, 3.63) is 71.8 Å². The first-order chi connectivity index (χ1) is 8.84. The van der Waals surface area contributed by atoms with Gasteiger partial charge in [0, 0.05) is 0 Å². The summed E-state index contributed by atoms with van der Waals surface area (Å²) in [6.45, 7) is 0. The molecular weight excluding hydrogens is 224 g/mol. The Morgan fingerprint density at radius 3 is 1.72 bits per heavy atom. The molecule has 0 saturated heterocycles. The Morgan fingerprint density at radius 1 is 0.833 bits per heavy atom. The van der Waals surface area contributed by atoms with E-state index in [4.69, 9.17) is 0 Å². The molecule has 1 amide bonds. The molecule has 0 spiro atoms. The molecule has 1 aliphatic heterocycles. The first kappa shape index (κ1) is 10.7. The van der Waals surface area contributed by atoms with Crippen LogP contribution in [0, 0.1) is 0 Å². The molecule has 0 saturated carbocycles. The highest BCUT2D eigenvalue weighted by Crippen LogP contribution is 2.35. The molecule has 0 fully saturated rings. The Bertz CT molecular complexity index is 551. The second-order valence-corrected chi connectivity index (χ2v) is 4.17. The lowest BCUT2D eigenvalue weighted by Gasteiger charge is -2.24. The predicted molar refractivity (Wildman–Crippen MR) is 70.3 cm³/mol. The molecule has 3 nitrogen and oxygen atoms in total. The third-order valence-electron chi connectivity index (χ3n) is 3.17. The highest BCUT2D eigenvalue weighted by atomic mass is 16.2. The van der Waals surface area contributed by atoms with E-state index in [0.717, 1.165) is 11.1 Å². The summed E-state index contributed by atoms with van der Waals surface area (Å²) in [6.07, 6.45) is 1.47. The SMILES string of the molecule is O=C1NC=NC1(c1ccccc1)c1ccccc1. The number of carbonyl (C=O) groups is 1. The fourth-order valence-electron chi connectivity index (χ4n) is 2.29. The van der Waals surface area contributed by atoms with Crippen LogP contribution in [-0.2, 0) is 10.3 Å². The van der Waals surface area contributed by atoms with Crippen LogP contribution in [0.4, 0.5) is 0 Å². The maximum absolute atomic E-state index is 12.3. The molecule has 0 aromatic heterocycles. The van der Waals surface area contributed by atoms with Crippen molar-refractivity contribution in [3.8, 4) is 0 Å². The fourth-order valence-corrected chi connectivity index (χ4v) is 2.29. The van der Waals surface area contributed by atoms with Crippen LogP contribution >= 0.6 is 0 Å². The van der Waals surface area contributed by atoms with Crippen molar-refractivity contribution in [2.45, 2.75) is 5.54 Å². The second-order valence-electron chi connectivity index (χ2n) is 4.17. The molecule has 0 bridgehead atoms. The standard InChI is InChI=1S/C15H12N2O/c18-14-15(17-11-16-14,12-7-3-1-4-8-12)13-9-5-2-6-10-13/h1-11H,(H,16,17,18). The minimum Gasteiger partial charge on any atom is -0.314 e. The first-order valence-corrected chi connectivity index (χ1v) is 5.80. The summed E-state index contributed by atoms with van der Waals surface area (Å²) < 4.78 is 0. The van der Waals surface area contributed by atoms with Crippen molar-refractivity contribution in [2.24, 2.45) is 4.99 Å². The van der Waals surface area contributed by atoms with Crippen molar-refractivity contribution in [1.82, 2.24) is 5.32 Å². The summed E-state index contributed by atoms with van der Waals surface area (Å²) in [7, 11) is 0. The summed E-state index contributed by atoms with van der Waals surface area (Å²) >= 11 is 0. The molecule has 0 atom stereocenters. The van der Waals surface area contributed by atoms with Crippen molar-refractivity contribution in [2.75, 3.05) is 0 Å². The molecule has 2 aromatic rings. The van der Waals surface area contributed by atoms with Gasteiger partial charge in [-0.15, -0.1) is 0 Å². The van der Waals surface area contributed by atoms with Crippen LogP contribution in [0.3, 0.4) is 0 Å². The molecule has 1 heterocycles. The van der Waals surface area contributed by atoms with Gasteiger partial charge >= 0.3 is 0 Å². The van der Waals surface area contributed by atoms with E-state index in [1.165, 1.54) is 6.34 Å². The van der Waals surface area contributed by atoms with Gasteiger partial charge in [-0.3, -0.25) is 4.79 Å². The maximum Gasteiger partial charge on any atom is 0.262 e. The Morgan fingerprint density at radius 2 is 1.33 bits per heavy atom. The average Bonchev–Trinajstić information content (AvgIpc) is 2.84. The zero-order chi connectivity index (χ0) is 12.4. The average molecular weight is 236 g/mol. The lowest BCUT2D eigenvalue weighted by Crippen LogP contribution is -2.37. The topological polar surface area (TPSA) is 41.5 Å². The summed E-state index contributed by atoms with van der Waals surface area (Å²) in [5.74, 6) is -0.111. The summed E-state index contributed by atoms with van der Waals surface area (Å²) in [5, 5.41) is 2.68. The lowest BCUT2D eigenvalue weighted by molar-refractivity contribution is -0.122. The third-order valence-corrected chi connectivity index (χ3v) is 3.17. The van der Waals surface area contributed by atoms with E-state index in [1.54, 1.807) is 0 Å². The van der Waals surface area contributed by atoms with E-state index >= 15 is 0 Å². The third kappa shape index (κ3) is 1.44. The van der Waals surface area contributed by atoms with Gasteiger partial charge in [-0.05, 0) is 11.1 Å². The van der Waals surface area contributed by atoms with Crippen molar-refractivity contribution < 1.29 is 4.79 Å². The normalized spacial score (nSPS) is 16.6. The Kier molecular flexibility index (Phi) is 2.45. The van der Waals surface area contributed by atoms with E-state index in [1.807, 2.05) is 60.7 Å². The fraction of sp³-hybridized carbons (Fsp3) is 0.0667. The summed E-state index contributed by atoms with van der Waals surface area (Å²) in [4.78, 5) is 16.7. The summed E-state index contributed by atoms with van der Waals surface area (Å²) in [5.41, 5.74) is 0.813. The lowest BCUT2D eigenvalue weighted by atomic mass is 9.83. The number of carbonyl (C=O) groups excluding carboxylic acids is 1. The zero-order valence-corrected chi connectivity index (χ0v) is 9.71. The van der Waals surface area contributed by atoms with E-state index in [2.05, 4.69) is 10.3 Å². The van der Waals surface area contributed by atoms with Gasteiger partial charge in [-0.25, -0.2) is 4.99 Å². The summed E-state index contributed by atoms with van der Waals surface area (Å²) in [6, 6.07) is 19.2.